The van der Waals surface area contributed by atoms with Gasteiger partial charge in [0.05, 0.1) is 0 Å². The predicted octanol–water partition coefficient (Wildman–Crippen LogP) is 3.91. The lowest BCUT2D eigenvalue weighted by Gasteiger charge is -2.17. The number of hydrogen-bond acceptors (Lipinski definition) is 1. The number of benzene rings is 1. The first kappa shape index (κ1) is 12.2. The smallest absolute Gasteiger partial charge is 0.0406 e. The first-order valence-electron chi connectivity index (χ1n) is 7.73. The van der Waals surface area contributed by atoms with Crippen LogP contribution in [0, 0.1) is 23.7 Å². The molecule has 3 aliphatic carbocycles. The Hall–Kier alpha value is -0.530. The molecule has 102 valence electrons. The molecular formula is C17H22ClN. The third-order valence-corrected chi connectivity index (χ3v) is 5.92. The van der Waals surface area contributed by atoms with Crippen molar-refractivity contribution in [3.05, 3.63) is 34.9 Å². The van der Waals surface area contributed by atoms with Crippen LogP contribution in [0.5, 0.6) is 0 Å². The van der Waals surface area contributed by atoms with E-state index in [1.54, 1.807) is 6.42 Å². The summed E-state index contributed by atoms with van der Waals surface area (Å²) in [5.74, 6) is 4.20. The summed E-state index contributed by atoms with van der Waals surface area (Å²) < 4.78 is 0. The van der Waals surface area contributed by atoms with Crippen LogP contribution in [0.2, 0.25) is 5.02 Å². The molecule has 0 spiro atoms. The summed E-state index contributed by atoms with van der Waals surface area (Å²) >= 11 is 5.93. The average molecular weight is 276 g/mol. The molecule has 0 aliphatic heterocycles. The normalized spacial score (nSPS) is 40.2. The van der Waals surface area contributed by atoms with Gasteiger partial charge in [-0.3, -0.25) is 0 Å². The van der Waals surface area contributed by atoms with Crippen LogP contribution < -0.4 is 5.32 Å². The Bertz CT molecular complexity index is 453. The van der Waals surface area contributed by atoms with Crippen LogP contribution >= 0.6 is 11.6 Å². The molecule has 0 heterocycles. The molecule has 19 heavy (non-hydrogen) atoms. The number of fused-ring (bicyclic) bond motifs is 5. The summed E-state index contributed by atoms with van der Waals surface area (Å²) in [6.45, 7) is 2.32. The zero-order chi connectivity index (χ0) is 13.0. The second-order valence-electron chi connectivity index (χ2n) is 6.91. The van der Waals surface area contributed by atoms with Gasteiger partial charge in [-0.25, -0.2) is 0 Å². The van der Waals surface area contributed by atoms with E-state index >= 15 is 0 Å². The standard InChI is InChI=1S/C17H22ClN/c1-10(8-11-2-6-14(18)7-3-11)19-17-15-12-4-5-13(9-12)16(15)17/h2-3,6-7,10,12-13,15-17,19H,4-5,8-9H2,1H3. The van der Waals surface area contributed by atoms with Crippen molar-refractivity contribution in [3.63, 3.8) is 0 Å². The number of hydrogen-bond donors (Lipinski definition) is 1. The van der Waals surface area contributed by atoms with Gasteiger partial charge in [-0.15, -0.1) is 0 Å². The van der Waals surface area contributed by atoms with E-state index in [-0.39, 0.29) is 0 Å². The molecule has 0 saturated heterocycles. The Labute approximate surface area is 120 Å². The second kappa shape index (κ2) is 4.49. The highest BCUT2D eigenvalue weighted by Gasteiger charge is 2.64. The van der Waals surface area contributed by atoms with Gasteiger partial charge in [0.15, 0.2) is 0 Å². The molecule has 1 aromatic rings. The van der Waals surface area contributed by atoms with Gasteiger partial charge in [0.1, 0.15) is 0 Å². The van der Waals surface area contributed by atoms with Crippen molar-refractivity contribution in [2.24, 2.45) is 23.7 Å². The fourth-order valence-electron chi connectivity index (χ4n) is 4.91. The molecule has 1 nitrogen and oxygen atoms in total. The highest BCUT2D eigenvalue weighted by molar-refractivity contribution is 6.30. The minimum Gasteiger partial charge on any atom is -0.311 e. The quantitative estimate of drug-likeness (QED) is 0.879. The van der Waals surface area contributed by atoms with E-state index < -0.39 is 0 Å². The van der Waals surface area contributed by atoms with Crippen LogP contribution in [0.4, 0.5) is 0 Å². The molecule has 0 radical (unpaired) electrons. The van der Waals surface area contributed by atoms with Gasteiger partial charge in [-0.2, -0.15) is 0 Å². The maximum absolute atomic E-state index is 5.93. The first-order valence-corrected chi connectivity index (χ1v) is 8.10. The third-order valence-electron chi connectivity index (χ3n) is 5.67. The second-order valence-corrected chi connectivity index (χ2v) is 7.35. The Morgan fingerprint density at radius 3 is 2.42 bits per heavy atom. The molecule has 5 atom stereocenters. The predicted molar refractivity (Wildman–Crippen MR) is 79.4 cm³/mol. The van der Waals surface area contributed by atoms with Crippen LogP contribution in [0.25, 0.3) is 0 Å². The van der Waals surface area contributed by atoms with Crippen molar-refractivity contribution in [1.29, 1.82) is 0 Å². The lowest BCUT2D eigenvalue weighted by molar-refractivity contribution is 0.426. The van der Waals surface area contributed by atoms with Crippen LogP contribution in [0.15, 0.2) is 24.3 Å². The lowest BCUT2D eigenvalue weighted by atomic mass is 10.0. The first-order chi connectivity index (χ1) is 9.22. The van der Waals surface area contributed by atoms with E-state index in [2.05, 4.69) is 24.4 Å². The van der Waals surface area contributed by atoms with Crippen molar-refractivity contribution in [2.75, 3.05) is 0 Å². The summed E-state index contributed by atoms with van der Waals surface area (Å²) in [4.78, 5) is 0. The van der Waals surface area contributed by atoms with Gasteiger partial charge < -0.3 is 5.32 Å². The molecule has 2 heteroatoms. The van der Waals surface area contributed by atoms with Crippen molar-refractivity contribution in [3.8, 4) is 0 Å². The Kier molecular flexibility index (Phi) is 2.89. The highest BCUT2D eigenvalue weighted by Crippen LogP contribution is 2.65. The van der Waals surface area contributed by atoms with Gasteiger partial charge >= 0.3 is 0 Å². The Morgan fingerprint density at radius 1 is 1.16 bits per heavy atom. The molecule has 0 aromatic heterocycles. The Morgan fingerprint density at radius 2 is 1.79 bits per heavy atom. The van der Waals surface area contributed by atoms with E-state index in [1.807, 2.05) is 12.1 Å². The summed E-state index contributed by atoms with van der Waals surface area (Å²) in [5, 5.41) is 4.72. The fourth-order valence-corrected chi connectivity index (χ4v) is 5.04. The molecule has 1 aromatic carbocycles. The minimum atomic E-state index is 0.580. The summed E-state index contributed by atoms with van der Waals surface area (Å²) in [7, 11) is 0. The summed E-state index contributed by atoms with van der Waals surface area (Å²) in [6.07, 6.45) is 5.67. The van der Waals surface area contributed by atoms with Crippen molar-refractivity contribution < 1.29 is 0 Å². The maximum atomic E-state index is 5.93. The van der Waals surface area contributed by atoms with E-state index in [4.69, 9.17) is 11.6 Å². The van der Waals surface area contributed by atoms with Crippen molar-refractivity contribution in [2.45, 2.75) is 44.7 Å². The molecule has 0 amide bonds. The number of halogens is 1. The van der Waals surface area contributed by atoms with Crippen molar-refractivity contribution >= 4 is 11.6 Å². The zero-order valence-electron chi connectivity index (χ0n) is 11.5. The van der Waals surface area contributed by atoms with Gasteiger partial charge in [0, 0.05) is 17.1 Å². The van der Waals surface area contributed by atoms with E-state index in [0.29, 0.717) is 6.04 Å². The van der Waals surface area contributed by atoms with E-state index in [0.717, 1.165) is 41.2 Å². The molecule has 2 bridgehead atoms. The summed E-state index contributed by atoms with van der Waals surface area (Å²) in [6, 6.07) is 9.71. The highest BCUT2D eigenvalue weighted by atomic mass is 35.5. The van der Waals surface area contributed by atoms with E-state index in [1.165, 1.54) is 18.4 Å². The lowest BCUT2D eigenvalue weighted by Crippen LogP contribution is -2.33. The van der Waals surface area contributed by atoms with Gasteiger partial charge in [0.2, 0.25) is 0 Å². The van der Waals surface area contributed by atoms with Gasteiger partial charge in [-0.05, 0) is 74.0 Å². The Balaban J connectivity index is 1.33. The average Bonchev–Trinajstić information content (AvgIpc) is 2.81. The molecule has 5 unspecified atom stereocenters. The largest absolute Gasteiger partial charge is 0.311 e. The molecule has 3 fully saturated rings. The van der Waals surface area contributed by atoms with Crippen LogP contribution in [-0.4, -0.2) is 12.1 Å². The molecule has 4 rings (SSSR count). The van der Waals surface area contributed by atoms with E-state index in [9.17, 15) is 0 Å². The molecule has 3 saturated carbocycles. The molecule has 1 N–H and O–H groups in total. The molecular weight excluding hydrogens is 254 g/mol. The fraction of sp³-hybridized carbons (Fsp3) is 0.647. The monoisotopic (exact) mass is 275 g/mol. The van der Waals surface area contributed by atoms with Crippen LogP contribution in [0.3, 0.4) is 0 Å². The van der Waals surface area contributed by atoms with Crippen LogP contribution in [-0.2, 0) is 6.42 Å². The number of nitrogens with one attached hydrogen (secondary N) is 1. The summed E-state index contributed by atoms with van der Waals surface area (Å²) in [5.41, 5.74) is 1.39. The van der Waals surface area contributed by atoms with Gasteiger partial charge in [-0.1, -0.05) is 23.7 Å². The molecule has 3 aliphatic rings. The topological polar surface area (TPSA) is 12.0 Å². The van der Waals surface area contributed by atoms with Crippen LogP contribution in [0.1, 0.15) is 31.7 Å². The van der Waals surface area contributed by atoms with Gasteiger partial charge in [0.25, 0.3) is 0 Å². The minimum absolute atomic E-state index is 0.580. The van der Waals surface area contributed by atoms with Crippen molar-refractivity contribution in [1.82, 2.24) is 5.32 Å². The zero-order valence-corrected chi connectivity index (χ0v) is 12.2. The maximum Gasteiger partial charge on any atom is 0.0406 e. The SMILES string of the molecule is CC(Cc1ccc(Cl)cc1)NC1C2C3CCC(C3)C12. The third kappa shape index (κ3) is 2.11. The number of rotatable bonds is 4.